The Labute approximate surface area is 156 Å². The van der Waals surface area contributed by atoms with Gasteiger partial charge in [0.1, 0.15) is 0 Å². The van der Waals surface area contributed by atoms with Gasteiger partial charge in [-0.15, -0.1) is 10.2 Å². The first-order valence-corrected chi connectivity index (χ1v) is 7.90. The Kier molecular flexibility index (Phi) is 5.22. The zero-order valence-electron chi connectivity index (χ0n) is 13.5. The van der Waals surface area contributed by atoms with Crippen molar-refractivity contribution in [2.24, 2.45) is 0 Å². The van der Waals surface area contributed by atoms with Crippen LogP contribution < -0.4 is 5.32 Å². The normalized spacial score (nSPS) is 11.7. The number of H-pyrrole nitrogens is 1. The minimum absolute atomic E-state index is 0.197. The number of amides is 1. The van der Waals surface area contributed by atoms with Crippen LogP contribution in [0.1, 0.15) is 11.1 Å². The van der Waals surface area contributed by atoms with E-state index < -0.39 is 22.7 Å². The number of carbonyl (C=O) groups is 1. The van der Waals surface area contributed by atoms with E-state index in [9.17, 15) is 18.0 Å². The molecule has 0 aliphatic rings. The predicted molar refractivity (Wildman–Crippen MR) is 93.7 cm³/mol. The third kappa shape index (κ3) is 4.70. The fraction of sp³-hybridized carbons (Fsp3) is 0.0588. The molecule has 0 bridgehead atoms. The number of nitrogens with zero attached hydrogens (tertiary/aromatic N) is 3. The van der Waals surface area contributed by atoms with Gasteiger partial charge in [-0.05, 0) is 41.1 Å². The fourth-order valence-corrected chi connectivity index (χ4v) is 2.46. The lowest BCUT2D eigenvalue weighted by atomic mass is 10.1. The number of nitrogens with one attached hydrogen (secondary N) is 2. The molecular formula is C17H11ClF3N5O. The second-order valence-corrected chi connectivity index (χ2v) is 5.78. The Balaban J connectivity index is 1.72. The van der Waals surface area contributed by atoms with E-state index >= 15 is 0 Å². The van der Waals surface area contributed by atoms with E-state index in [2.05, 4.69) is 25.9 Å². The molecule has 10 heteroatoms. The van der Waals surface area contributed by atoms with Crippen molar-refractivity contribution in [2.75, 3.05) is 5.32 Å². The van der Waals surface area contributed by atoms with E-state index in [1.165, 1.54) is 12.1 Å². The Morgan fingerprint density at radius 3 is 2.70 bits per heavy atom. The van der Waals surface area contributed by atoms with Gasteiger partial charge >= 0.3 is 6.18 Å². The zero-order chi connectivity index (χ0) is 19.4. The number of aromatic amines is 1. The first kappa shape index (κ1) is 18.6. The number of benzene rings is 2. The third-order valence-corrected chi connectivity index (χ3v) is 3.79. The molecule has 0 saturated carbocycles. The van der Waals surface area contributed by atoms with Crippen LogP contribution >= 0.6 is 11.6 Å². The molecule has 0 saturated heterocycles. The quantitative estimate of drug-likeness (QED) is 0.651. The molecule has 0 spiro atoms. The number of tetrazole rings is 1. The summed E-state index contributed by atoms with van der Waals surface area (Å²) in [6.07, 6.45) is -2.17. The molecule has 0 aliphatic heterocycles. The standard InChI is InChI=1S/C17H11ClF3N5O/c18-14-6-4-10(8-13(14)17(19,20)21)5-7-15(27)22-12-3-1-2-11(9-12)16-23-25-26-24-16/h1-9H,(H,22,27)(H,23,24,25,26)/b7-5+. The van der Waals surface area contributed by atoms with Gasteiger partial charge in [-0.1, -0.05) is 29.8 Å². The van der Waals surface area contributed by atoms with Crippen molar-refractivity contribution in [2.45, 2.75) is 6.18 Å². The number of alkyl halides is 3. The number of carbonyl (C=O) groups excluding carboxylic acids is 1. The highest BCUT2D eigenvalue weighted by Gasteiger charge is 2.33. The Bertz CT molecular complexity index is 986. The lowest BCUT2D eigenvalue weighted by Gasteiger charge is -2.09. The summed E-state index contributed by atoms with van der Waals surface area (Å²) in [5, 5.41) is 15.7. The van der Waals surface area contributed by atoms with Gasteiger partial charge in [0.05, 0.1) is 10.6 Å². The Morgan fingerprint density at radius 2 is 2.00 bits per heavy atom. The monoisotopic (exact) mass is 393 g/mol. The fourth-order valence-electron chi connectivity index (χ4n) is 2.24. The maximum atomic E-state index is 12.9. The van der Waals surface area contributed by atoms with Gasteiger partial charge in [0.15, 0.2) is 0 Å². The average Bonchev–Trinajstić information content (AvgIpc) is 3.15. The van der Waals surface area contributed by atoms with Gasteiger partial charge in [0.2, 0.25) is 11.7 Å². The van der Waals surface area contributed by atoms with E-state index in [0.717, 1.165) is 18.2 Å². The molecule has 0 radical (unpaired) electrons. The zero-order valence-corrected chi connectivity index (χ0v) is 14.2. The maximum Gasteiger partial charge on any atom is 0.417 e. The molecule has 0 atom stereocenters. The lowest BCUT2D eigenvalue weighted by molar-refractivity contribution is -0.137. The highest BCUT2D eigenvalue weighted by molar-refractivity contribution is 6.31. The van der Waals surface area contributed by atoms with Gasteiger partial charge in [-0.3, -0.25) is 4.79 Å². The van der Waals surface area contributed by atoms with Crippen molar-refractivity contribution in [1.29, 1.82) is 0 Å². The summed E-state index contributed by atoms with van der Waals surface area (Å²) < 4.78 is 38.6. The van der Waals surface area contributed by atoms with Crippen molar-refractivity contribution >= 4 is 29.3 Å². The number of hydrogen-bond acceptors (Lipinski definition) is 4. The van der Waals surface area contributed by atoms with Crippen LogP contribution in [0.2, 0.25) is 5.02 Å². The number of rotatable bonds is 4. The summed E-state index contributed by atoms with van der Waals surface area (Å²) in [6, 6.07) is 10.1. The lowest BCUT2D eigenvalue weighted by Crippen LogP contribution is -2.08. The summed E-state index contributed by atoms with van der Waals surface area (Å²) in [7, 11) is 0. The van der Waals surface area contributed by atoms with Crippen LogP contribution in [-0.2, 0) is 11.0 Å². The van der Waals surface area contributed by atoms with E-state index in [-0.39, 0.29) is 5.56 Å². The first-order chi connectivity index (χ1) is 12.8. The summed E-state index contributed by atoms with van der Waals surface area (Å²) in [6.45, 7) is 0. The van der Waals surface area contributed by atoms with Crippen molar-refractivity contribution in [3.63, 3.8) is 0 Å². The van der Waals surface area contributed by atoms with Crippen LogP contribution in [-0.4, -0.2) is 26.5 Å². The van der Waals surface area contributed by atoms with E-state index in [1.807, 2.05) is 0 Å². The third-order valence-electron chi connectivity index (χ3n) is 3.46. The van der Waals surface area contributed by atoms with Gasteiger partial charge in [-0.25, -0.2) is 0 Å². The number of aromatic nitrogens is 4. The molecule has 2 aromatic carbocycles. The molecule has 2 N–H and O–H groups in total. The van der Waals surface area contributed by atoms with Gasteiger partial charge in [0.25, 0.3) is 0 Å². The summed E-state index contributed by atoms with van der Waals surface area (Å²) in [5.74, 6) is -0.147. The molecule has 0 fully saturated rings. The van der Waals surface area contributed by atoms with Crippen LogP contribution in [0.3, 0.4) is 0 Å². The van der Waals surface area contributed by atoms with E-state index in [4.69, 9.17) is 11.6 Å². The molecule has 3 rings (SSSR count). The Hall–Kier alpha value is -3.20. The van der Waals surface area contributed by atoms with E-state index in [0.29, 0.717) is 17.1 Å². The summed E-state index contributed by atoms with van der Waals surface area (Å²) in [4.78, 5) is 12.0. The molecule has 1 aromatic heterocycles. The summed E-state index contributed by atoms with van der Waals surface area (Å²) >= 11 is 5.57. The second-order valence-electron chi connectivity index (χ2n) is 5.38. The molecule has 6 nitrogen and oxygen atoms in total. The van der Waals surface area contributed by atoms with Gasteiger partial charge < -0.3 is 5.32 Å². The largest absolute Gasteiger partial charge is 0.417 e. The second kappa shape index (κ2) is 7.58. The van der Waals surface area contributed by atoms with Gasteiger partial charge in [0, 0.05) is 17.3 Å². The van der Waals surface area contributed by atoms with E-state index in [1.54, 1.807) is 24.3 Å². The molecule has 27 heavy (non-hydrogen) atoms. The molecule has 138 valence electrons. The van der Waals surface area contributed by atoms with Crippen molar-refractivity contribution in [3.05, 3.63) is 64.7 Å². The minimum atomic E-state index is -4.57. The Morgan fingerprint density at radius 1 is 1.19 bits per heavy atom. The topological polar surface area (TPSA) is 83.6 Å². The minimum Gasteiger partial charge on any atom is -0.322 e. The van der Waals surface area contributed by atoms with Crippen LogP contribution in [0.4, 0.5) is 18.9 Å². The van der Waals surface area contributed by atoms with Crippen molar-refractivity contribution < 1.29 is 18.0 Å². The van der Waals surface area contributed by atoms with Crippen LogP contribution in [0, 0.1) is 0 Å². The maximum absolute atomic E-state index is 12.9. The smallest absolute Gasteiger partial charge is 0.322 e. The molecule has 1 amide bonds. The highest BCUT2D eigenvalue weighted by atomic mass is 35.5. The first-order valence-electron chi connectivity index (χ1n) is 7.52. The van der Waals surface area contributed by atoms with Gasteiger partial charge in [-0.2, -0.15) is 18.4 Å². The van der Waals surface area contributed by atoms with Crippen molar-refractivity contribution in [1.82, 2.24) is 20.6 Å². The number of anilines is 1. The number of hydrogen-bond donors (Lipinski definition) is 2. The predicted octanol–water partition coefficient (Wildman–Crippen LogP) is 4.19. The SMILES string of the molecule is O=C(/C=C/c1ccc(Cl)c(C(F)(F)F)c1)Nc1cccc(-c2nn[nH]n2)c1. The molecular weight excluding hydrogens is 383 g/mol. The molecule has 0 unspecified atom stereocenters. The highest BCUT2D eigenvalue weighted by Crippen LogP contribution is 2.35. The van der Waals surface area contributed by atoms with Crippen LogP contribution in [0.15, 0.2) is 48.5 Å². The molecule has 0 aliphatic carbocycles. The molecule has 1 heterocycles. The van der Waals surface area contributed by atoms with Crippen molar-refractivity contribution in [3.8, 4) is 11.4 Å². The van der Waals surface area contributed by atoms with Crippen LogP contribution in [0.25, 0.3) is 17.5 Å². The number of halogens is 4. The average molecular weight is 394 g/mol. The van der Waals surface area contributed by atoms with Crippen LogP contribution in [0.5, 0.6) is 0 Å². The summed E-state index contributed by atoms with van der Waals surface area (Å²) in [5.41, 5.74) is 0.346. The molecule has 3 aromatic rings.